The molecule has 0 radical (unpaired) electrons. The molecule has 222 valence electrons. The number of unbranched alkanes of at least 4 members (excludes halogenated alkanes) is 2. The monoisotopic (exact) mass is 565 g/mol. The highest BCUT2D eigenvalue weighted by molar-refractivity contribution is 5.73. The molecule has 4 aromatic rings. The van der Waals surface area contributed by atoms with Gasteiger partial charge in [0.1, 0.15) is 11.6 Å². The van der Waals surface area contributed by atoms with Gasteiger partial charge >= 0.3 is 5.97 Å². The van der Waals surface area contributed by atoms with Gasteiger partial charge in [-0.05, 0) is 49.4 Å². The second kappa shape index (κ2) is 15.5. The van der Waals surface area contributed by atoms with Crippen LogP contribution in [0.4, 0.5) is 0 Å². The average Bonchev–Trinajstić information content (AvgIpc) is 3.34. The number of hydrogen-bond donors (Lipinski definition) is 0. The third-order valence-electron chi connectivity index (χ3n) is 7.53. The van der Waals surface area contributed by atoms with Crippen LogP contribution >= 0.6 is 0 Å². The fourth-order valence-electron chi connectivity index (χ4n) is 5.33. The van der Waals surface area contributed by atoms with Gasteiger partial charge in [0.15, 0.2) is 0 Å². The van der Waals surface area contributed by atoms with E-state index in [0.717, 1.165) is 80.1 Å². The van der Waals surface area contributed by atoms with E-state index >= 15 is 0 Å². The first-order valence-corrected chi connectivity index (χ1v) is 15.6. The first kappa shape index (κ1) is 31.2. The van der Waals surface area contributed by atoms with E-state index in [0.29, 0.717) is 12.2 Å². The normalized spacial score (nSPS) is 11.4. The van der Waals surface area contributed by atoms with Crippen molar-refractivity contribution in [1.29, 1.82) is 0 Å². The van der Waals surface area contributed by atoms with E-state index in [-0.39, 0.29) is 11.9 Å². The van der Waals surface area contributed by atoms with Crippen molar-refractivity contribution in [2.45, 2.75) is 86.4 Å². The molecular weight excluding hydrogens is 518 g/mol. The summed E-state index contributed by atoms with van der Waals surface area (Å²) in [6, 6.07) is 27.4. The van der Waals surface area contributed by atoms with Crippen LogP contribution in [0.2, 0.25) is 0 Å². The molecule has 0 aliphatic rings. The minimum absolute atomic E-state index is 0.173. The molecule has 0 aliphatic carbocycles. The predicted octanol–water partition coefficient (Wildman–Crippen LogP) is 9.08. The van der Waals surface area contributed by atoms with Crippen molar-refractivity contribution in [2.75, 3.05) is 6.54 Å². The second-order valence-electron chi connectivity index (χ2n) is 11.7. The van der Waals surface area contributed by atoms with E-state index in [4.69, 9.17) is 9.72 Å². The van der Waals surface area contributed by atoms with Crippen molar-refractivity contribution in [3.05, 3.63) is 95.7 Å². The summed E-state index contributed by atoms with van der Waals surface area (Å²) < 4.78 is 8.14. The molecule has 0 amide bonds. The lowest BCUT2D eigenvalue weighted by molar-refractivity contribution is -0.135. The van der Waals surface area contributed by atoms with Crippen LogP contribution in [-0.4, -0.2) is 27.0 Å². The predicted molar refractivity (Wildman–Crippen MR) is 173 cm³/mol. The average molecular weight is 566 g/mol. The van der Waals surface area contributed by atoms with Crippen molar-refractivity contribution < 1.29 is 9.53 Å². The van der Waals surface area contributed by atoms with Gasteiger partial charge in [-0.25, -0.2) is 4.98 Å². The highest BCUT2D eigenvalue weighted by atomic mass is 16.5. The Labute approximate surface area is 252 Å². The Morgan fingerprint density at radius 2 is 1.55 bits per heavy atom. The molecule has 0 bridgehead atoms. The molecule has 42 heavy (non-hydrogen) atoms. The maximum Gasteiger partial charge on any atom is 0.311 e. The third-order valence-corrected chi connectivity index (χ3v) is 7.53. The number of aromatic nitrogens is 2. The quantitative estimate of drug-likeness (QED) is 0.107. The summed E-state index contributed by atoms with van der Waals surface area (Å²) in [5.74, 6) is 1.80. The topological polar surface area (TPSA) is 47.4 Å². The number of carbonyl (C=O) groups is 1. The minimum Gasteiger partial charge on any atom is -0.426 e. The Balaban J connectivity index is 1.69. The molecule has 0 N–H and O–H groups in total. The van der Waals surface area contributed by atoms with E-state index in [9.17, 15) is 4.79 Å². The Bertz CT molecular complexity index is 1410. The largest absolute Gasteiger partial charge is 0.426 e. The lowest BCUT2D eigenvalue weighted by Gasteiger charge is -2.24. The van der Waals surface area contributed by atoms with Gasteiger partial charge < -0.3 is 9.30 Å². The van der Waals surface area contributed by atoms with Crippen LogP contribution in [0.5, 0.6) is 5.75 Å². The Morgan fingerprint density at radius 3 is 2.17 bits per heavy atom. The number of aryl methyl sites for hydroxylation is 1. The summed E-state index contributed by atoms with van der Waals surface area (Å²) >= 11 is 0. The maximum atomic E-state index is 12.3. The van der Waals surface area contributed by atoms with Crippen molar-refractivity contribution in [3.63, 3.8) is 0 Å². The van der Waals surface area contributed by atoms with Gasteiger partial charge in [-0.1, -0.05) is 113 Å². The molecule has 3 aromatic carbocycles. The molecule has 0 fully saturated rings. The molecule has 1 aromatic heterocycles. The lowest BCUT2D eigenvalue weighted by atomic mass is 10.1. The minimum atomic E-state index is -0.173. The Kier molecular flexibility index (Phi) is 11.5. The molecule has 0 spiro atoms. The molecule has 5 nitrogen and oxygen atoms in total. The van der Waals surface area contributed by atoms with Crippen LogP contribution in [0.1, 0.15) is 76.6 Å². The number of carbonyl (C=O) groups excluding carboxylic acids is 1. The van der Waals surface area contributed by atoms with E-state index in [1.807, 2.05) is 26.8 Å². The number of imidazole rings is 1. The highest BCUT2D eigenvalue weighted by Crippen LogP contribution is 2.32. The smallest absolute Gasteiger partial charge is 0.311 e. The number of benzene rings is 3. The van der Waals surface area contributed by atoms with Crippen LogP contribution in [0.15, 0.2) is 78.9 Å². The summed E-state index contributed by atoms with van der Waals surface area (Å²) in [5, 5.41) is 0. The van der Waals surface area contributed by atoms with E-state index in [1.54, 1.807) is 0 Å². The van der Waals surface area contributed by atoms with Crippen molar-refractivity contribution >= 4 is 5.97 Å². The van der Waals surface area contributed by atoms with Crippen molar-refractivity contribution in [2.24, 2.45) is 5.92 Å². The lowest BCUT2D eigenvalue weighted by Crippen LogP contribution is -2.26. The Morgan fingerprint density at radius 1 is 0.881 bits per heavy atom. The fourth-order valence-corrected chi connectivity index (χ4v) is 5.33. The van der Waals surface area contributed by atoms with Gasteiger partial charge in [-0.3, -0.25) is 9.69 Å². The summed E-state index contributed by atoms with van der Waals surface area (Å²) in [5.41, 5.74) is 6.84. The number of esters is 1. The highest BCUT2D eigenvalue weighted by Gasteiger charge is 2.22. The second-order valence-corrected chi connectivity index (χ2v) is 11.7. The number of ether oxygens (including phenoxy) is 1. The molecule has 1 heterocycles. The third kappa shape index (κ3) is 8.42. The van der Waals surface area contributed by atoms with Crippen LogP contribution in [0.25, 0.3) is 22.6 Å². The zero-order valence-corrected chi connectivity index (χ0v) is 26.1. The van der Waals surface area contributed by atoms with Crippen molar-refractivity contribution in [1.82, 2.24) is 14.5 Å². The van der Waals surface area contributed by atoms with E-state index in [1.165, 1.54) is 11.3 Å². The first-order chi connectivity index (χ1) is 20.4. The number of nitrogens with zero attached hydrogens (tertiary/aromatic N) is 3. The van der Waals surface area contributed by atoms with Crippen LogP contribution in [0.3, 0.4) is 0 Å². The zero-order chi connectivity index (χ0) is 29.9. The van der Waals surface area contributed by atoms with E-state index < -0.39 is 0 Å². The SMILES string of the molecule is CCCCN(Cc1ccc(OC(=O)CC(C)C)c(C)c1)Cc1c(-c2ccccc2)nc(-c2ccccc2)n1CCCC. The molecule has 0 saturated carbocycles. The van der Waals surface area contributed by atoms with Crippen LogP contribution in [-0.2, 0) is 24.4 Å². The number of hydrogen-bond acceptors (Lipinski definition) is 4. The standard InChI is InChI=1S/C37H47N3O2/c1-6-8-22-39(26-30-20-21-34(29(5)25-30)42-35(41)24-28(3)4)27-33-36(31-16-12-10-13-17-31)38-37(40(33)23-9-7-2)32-18-14-11-15-19-32/h10-21,25,28H,6-9,22-24,26-27H2,1-5H3. The molecule has 4 rings (SSSR count). The fraction of sp³-hybridized carbons (Fsp3) is 0.405. The Hall–Kier alpha value is -3.70. The molecule has 5 heteroatoms. The van der Waals surface area contributed by atoms with Crippen LogP contribution < -0.4 is 4.74 Å². The first-order valence-electron chi connectivity index (χ1n) is 15.6. The van der Waals surface area contributed by atoms with Gasteiger partial charge in [-0.2, -0.15) is 0 Å². The van der Waals surface area contributed by atoms with Gasteiger partial charge in [0.25, 0.3) is 0 Å². The summed E-state index contributed by atoms with van der Waals surface area (Å²) in [6.07, 6.45) is 4.91. The number of rotatable bonds is 15. The molecule has 0 atom stereocenters. The molecule has 0 aliphatic heterocycles. The molecule has 0 saturated heterocycles. The zero-order valence-electron chi connectivity index (χ0n) is 26.1. The summed E-state index contributed by atoms with van der Waals surface area (Å²) in [4.78, 5) is 20.1. The van der Waals surface area contributed by atoms with Crippen molar-refractivity contribution in [3.8, 4) is 28.4 Å². The maximum absolute atomic E-state index is 12.3. The van der Waals surface area contributed by atoms with Gasteiger partial charge in [0, 0.05) is 37.2 Å². The van der Waals surface area contributed by atoms with Gasteiger partial charge in [0.05, 0.1) is 11.4 Å². The van der Waals surface area contributed by atoms with Gasteiger partial charge in [0.2, 0.25) is 0 Å². The molecule has 0 unspecified atom stereocenters. The summed E-state index contributed by atoms with van der Waals surface area (Å²) in [7, 11) is 0. The van der Waals surface area contributed by atoms with Crippen LogP contribution in [0, 0.1) is 12.8 Å². The van der Waals surface area contributed by atoms with Gasteiger partial charge in [-0.15, -0.1) is 0 Å². The summed E-state index contributed by atoms with van der Waals surface area (Å²) in [6.45, 7) is 14.1. The van der Waals surface area contributed by atoms with E-state index in [2.05, 4.69) is 96.1 Å². The molecular formula is C37H47N3O2.